The lowest BCUT2D eigenvalue weighted by Gasteiger charge is -2.29. The summed E-state index contributed by atoms with van der Waals surface area (Å²) in [6.07, 6.45) is 3.52. The molecular weight excluding hydrogens is 280 g/mol. The van der Waals surface area contributed by atoms with Gasteiger partial charge in [0, 0.05) is 18.7 Å². The van der Waals surface area contributed by atoms with Crippen molar-refractivity contribution in [3.8, 4) is 5.75 Å². The quantitative estimate of drug-likeness (QED) is 0.661. The van der Waals surface area contributed by atoms with Gasteiger partial charge < -0.3 is 14.7 Å². The molecule has 0 aromatic heterocycles. The molecule has 1 aromatic carbocycles. The summed E-state index contributed by atoms with van der Waals surface area (Å²) in [7, 11) is 0. The summed E-state index contributed by atoms with van der Waals surface area (Å²) < 4.78 is 5.06. The Morgan fingerprint density at radius 3 is 2.35 bits per heavy atom. The minimum atomic E-state index is -0.995. The second kappa shape index (κ2) is 7.75. The van der Waals surface area contributed by atoms with Crippen molar-refractivity contribution in [3.63, 3.8) is 0 Å². The van der Waals surface area contributed by atoms with Crippen LogP contribution in [0.2, 0.25) is 0 Å². The van der Waals surface area contributed by atoms with E-state index >= 15 is 0 Å². The Hall–Kier alpha value is -1.75. The summed E-state index contributed by atoms with van der Waals surface area (Å²) in [5.41, 5.74) is 0.838. The number of benzene rings is 1. The highest BCUT2D eigenvalue weighted by Crippen LogP contribution is 2.16. The fraction of sp³-hybridized carbons (Fsp3) is 0.429. The van der Waals surface area contributed by atoms with Crippen LogP contribution in [-0.4, -0.2) is 41.5 Å². The van der Waals surface area contributed by atoms with Gasteiger partial charge in [0.2, 0.25) is 0 Å². The summed E-state index contributed by atoms with van der Waals surface area (Å²) >= 11 is 0. The summed E-state index contributed by atoms with van der Waals surface area (Å²) in [5, 5.41) is 16.7. The average Bonchev–Trinajstić information content (AvgIpc) is 2.46. The van der Waals surface area contributed by atoms with E-state index in [0.29, 0.717) is 11.6 Å². The van der Waals surface area contributed by atoms with Gasteiger partial charge in [-0.3, -0.25) is 5.41 Å². The van der Waals surface area contributed by atoms with Crippen molar-refractivity contribution < 1.29 is 14.6 Å². The minimum absolute atomic E-state index is 0. The lowest BCUT2D eigenvalue weighted by Crippen LogP contribution is -2.35. The van der Waals surface area contributed by atoms with Gasteiger partial charge in [-0.1, -0.05) is 0 Å². The molecule has 0 saturated carbocycles. The second-order valence-corrected chi connectivity index (χ2v) is 4.60. The molecule has 0 bridgehead atoms. The van der Waals surface area contributed by atoms with E-state index in [1.807, 2.05) is 0 Å². The molecule has 0 aliphatic carbocycles. The summed E-state index contributed by atoms with van der Waals surface area (Å²) in [6, 6.07) is 7.01. The van der Waals surface area contributed by atoms with E-state index in [1.165, 1.54) is 6.42 Å². The van der Waals surface area contributed by atoms with E-state index < -0.39 is 5.97 Å². The van der Waals surface area contributed by atoms with E-state index in [2.05, 4.69) is 4.90 Å². The van der Waals surface area contributed by atoms with Crippen LogP contribution in [0.25, 0.3) is 0 Å². The van der Waals surface area contributed by atoms with E-state index in [1.54, 1.807) is 24.3 Å². The van der Waals surface area contributed by atoms with Crippen LogP contribution in [0.15, 0.2) is 24.3 Å². The zero-order valence-electron chi connectivity index (χ0n) is 11.2. The molecule has 1 aromatic rings. The zero-order valence-corrected chi connectivity index (χ0v) is 12.0. The number of rotatable bonds is 4. The Balaban J connectivity index is 0.00000200. The topological polar surface area (TPSA) is 73.6 Å². The van der Waals surface area contributed by atoms with Gasteiger partial charge in [0.15, 0.2) is 6.61 Å². The second-order valence-electron chi connectivity index (χ2n) is 4.60. The Morgan fingerprint density at radius 1 is 1.20 bits per heavy atom. The average molecular weight is 299 g/mol. The number of nitrogens with one attached hydrogen (secondary N) is 1. The van der Waals surface area contributed by atoms with Gasteiger partial charge in [0.05, 0.1) is 0 Å². The molecule has 20 heavy (non-hydrogen) atoms. The first-order chi connectivity index (χ1) is 9.16. The number of piperidine rings is 1. The summed E-state index contributed by atoms with van der Waals surface area (Å²) in [5.74, 6) is 0.0483. The van der Waals surface area contributed by atoms with Gasteiger partial charge in [0.25, 0.3) is 0 Å². The van der Waals surface area contributed by atoms with Crippen molar-refractivity contribution in [3.05, 3.63) is 29.8 Å². The molecule has 5 nitrogen and oxygen atoms in total. The van der Waals surface area contributed by atoms with Crippen LogP contribution >= 0.6 is 12.4 Å². The van der Waals surface area contributed by atoms with Crippen molar-refractivity contribution >= 4 is 24.2 Å². The number of amidine groups is 1. The molecule has 0 amide bonds. The molecule has 1 aliphatic heterocycles. The first-order valence-corrected chi connectivity index (χ1v) is 6.45. The number of hydrogen-bond acceptors (Lipinski definition) is 3. The highest BCUT2D eigenvalue weighted by atomic mass is 35.5. The summed E-state index contributed by atoms with van der Waals surface area (Å²) in [6.45, 7) is 1.54. The molecule has 1 fully saturated rings. The van der Waals surface area contributed by atoms with E-state index in [9.17, 15) is 4.79 Å². The Labute approximate surface area is 124 Å². The number of ether oxygens (including phenoxy) is 1. The smallest absolute Gasteiger partial charge is 0.341 e. The van der Waals surface area contributed by atoms with Crippen LogP contribution < -0.4 is 4.74 Å². The van der Waals surface area contributed by atoms with Crippen LogP contribution in [-0.2, 0) is 4.79 Å². The van der Waals surface area contributed by atoms with Gasteiger partial charge in [-0.25, -0.2) is 4.79 Å². The lowest BCUT2D eigenvalue weighted by atomic mass is 10.1. The highest BCUT2D eigenvalue weighted by Gasteiger charge is 2.14. The molecule has 0 spiro atoms. The van der Waals surface area contributed by atoms with Crippen molar-refractivity contribution in [2.75, 3.05) is 19.7 Å². The van der Waals surface area contributed by atoms with Gasteiger partial charge in [0.1, 0.15) is 11.6 Å². The molecule has 0 atom stereocenters. The summed E-state index contributed by atoms with van der Waals surface area (Å²) in [4.78, 5) is 12.5. The van der Waals surface area contributed by atoms with E-state index in [-0.39, 0.29) is 19.0 Å². The number of aliphatic carboxylic acids is 1. The molecule has 2 N–H and O–H groups in total. The van der Waals surface area contributed by atoms with Crippen LogP contribution in [0.3, 0.4) is 0 Å². The maximum Gasteiger partial charge on any atom is 0.341 e. The van der Waals surface area contributed by atoms with Crippen LogP contribution in [0, 0.1) is 5.41 Å². The van der Waals surface area contributed by atoms with Crippen LogP contribution in [0.5, 0.6) is 5.75 Å². The molecule has 6 heteroatoms. The predicted molar refractivity (Wildman–Crippen MR) is 79.1 cm³/mol. The van der Waals surface area contributed by atoms with Crippen molar-refractivity contribution in [1.29, 1.82) is 5.41 Å². The number of nitrogens with zero attached hydrogens (tertiary/aromatic N) is 1. The third-order valence-electron chi connectivity index (χ3n) is 3.16. The molecule has 0 unspecified atom stereocenters. The number of hydrogen-bond donors (Lipinski definition) is 2. The molecular formula is C14H19ClN2O3. The monoisotopic (exact) mass is 298 g/mol. The minimum Gasteiger partial charge on any atom is -0.482 e. The first kappa shape index (κ1) is 16.3. The standard InChI is InChI=1S/C14H18N2O3.ClH/c15-14(16-8-2-1-3-9-16)11-4-6-12(7-5-11)19-10-13(17)18;/h4-7,15H,1-3,8-10H2,(H,17,18);1H. The third-order valence-corrected chi connectivity index (χ3v) is 3.16. The number of carboxylic acid groups (broad SMARTS) is 1. The number of likely N-dealkylation sites (tertiary alicyclic amines) is 1. The SMILES string of the molecule is Cl.N=C(c1ccc(OCC(=O)O)cc1)N1CCCCC1. The highest BCUT2D eigenvalue weighted by molar-refractivity contribution is 5.96. The van der Waals surface area contributed by atoms with Crippen molar-refractivity contribution in [2.45, 2.75) is 19.3 Å². The van der Waals surface area contributed by atoms with E-state index in [0.717, 1.165) is 31.5 Å². The van der Waals surface area contributed by atoms with Crippen LogP contribution in [0.1, 0.15) is 24.8 Å². The Bertz CT molecular complexity index is 456. The maximum absolute atomic E-state index is 10.4. The number of carbonyl (C=O) groups is 1. The van der Waals surface area contributed by atoms with Gasteiger partial charge in [-0.05, 0) is 43.5 Å². The molecule has 1 saturated heterocycles. The van der Waals surface area contributed by atoms with Gasteiger partial charge >= 0.3 is 5.97 Å². The Kier molecular flexibility index (Phi) is 6.31. The number of carboxylic acids is 1. The molecule has 110 valence electrons. The third kappa shape index (κ3) is 4.42. The lowest BCUT2D eigenvalue weighted by molar-refractivity contribution is -0.139. The first-order valence-electron chi connectivity index (χ1n) is 6.45. The fourth-order valence-corrected chi connectivity index (χ4v) is 2.15. The zero-order chi connectivity index (χ0) is 13.7. The molecule has 1 aliphatic rings. The molecule has 1 heterocycles. The fourth-order valence-electron chi connectivity index (χ4n) is 2.15. The van der Waals surface area contributed by atoms with Crippen molar-refractivity contribution in [1.82, 2.24) is 4.90 Å². The van der Waals surface area contributed by atoms with Gasteiger partial charge in [-0.15, -0.1) is 12.4 Å². The molecule has 2 rings (SSSR count). The van der Waals surface area contributed by atoms with Gasteiger partial charge in [-0.2, -0.15) is 0 Å². The van der Waals surface area contributed by atoms with Crippen molar-refractivity contribution in [2.24, 2.45) is 0 Å². The number of halogens is 1. The van der Waals surface area contributed by atoms with E-state index in [4.69, 9.17) is 15.3 Å². The maximum atomic E-state index is 10.4. The Morgan fingerprint density at radius 2 is 1.80 bits per heavy atom. The largest absolute Gasteiger partial charge is 0.482 e. The van der Waals surface area contributed by atoms with Crippen LogP contribution in [0.4, 0.5) is 0 Å². The predicted octanol–water partition coefficient (Wildman–Crippen LogP) is 2.38. The molecule has 0 radical (unpaired) electrons. The normalized spacial score (nSPS) is 14.3.